The molecule has 0 atom stereocenters. The molecule has 0 radical (unpaired) electrons. The summed E-state index contributed by atoms with van der Waals surface area (Å²) in [4.78, 5) is 4.15. The molecule has 2 aliphatic rings. The number of benzene rings is 1. The average Bonchev–Trinajstić information content (AvgIpc) is 3.25. The zero-order valence-electron chi connectivity index (χ0n) is 14.0. The zero-order valence-corrected chi connectivity index (χ0v) is 14.8. The smallest absolute Gasteiger partial charge is 0.192 e. The van der Waals surface area contributed by atoms with Gasteiger partial charge < -0.3 is 0 Å². The maximum atomic E-state index is 11.6. The van der Waals surface area contributed by atoms with Crippen molar-refractivity contribution in [2.24, 2.45) is 5.41 Å². The lowest BCUT2D eigenvalue weighted by Gasteiger charge is -2.09. The van der Waals surface area contributed by atoms with E-state index in [1.807, 2.05) is 30.3 Å². The van der Waals surface area contributed by atoms with Crippen LogP contribution < -0.4 is 0 Å². The molecular formula is C20H18N2O2S. The Morgan fingerprint density at radius 3 is 2.08 bits per heavy atom. The fourth-order valence-corrected chi connectivity index (χ4v) is 4.19. The zero-order chi connectivity index (χ0) is 17.7. The van der Waals surface area contributed by atoms with Gasteiger partial charge in [-0.25, -0.2) is 13.4 Å². The molecular weight excluding hydrogens is 332 g/mol. The Hall–Kier alpha value is -2.45. The van der Waals surface area contributed by atoms with Crippen LogP contribution in [-0.4, -0.2) is 19.7 Å². The van der Waals surface area contributed by atoms with Gasteiger partial charge in [0, 0.05) is 12.5 Å². The quantitative estimate of drug-likeness (QED) is 0.843. The summed E-state index contributed by atoms with van der Waals surface area (Å²) < 4.78 is 23.2. The van der Waals surface area contributed by atoms with Crippen molar-refractivity contribution in [1.82, 2.24) is 4.98 Å². The molecule has 1 spiro atoms. The molecule has 126 valence electrons. The first kappa shape index (κ1) is 16.0. The first-order valence-electron chi connectivity index (χ1n) is 8.29. The van der Waals surface area contributed by atoms with Crippen molar-refractivity contribution in [2.45, 2.75) is 30.7 Å². The molecule has 1 aromatic heterocycles. The summed E-state index contributed by atoms with van der Waals surface area (Å²) in [5, 5.41) is 9.10. The van der Waals surface area contributed by atoms with E-state index in [1.165, 1.54) is 30.2 Å². The van der Waals surface area contributed by atoms with E-state index in [4.69, 9.17) is 5.26 Å². The molecule has 1 heterocycles. The predicted molar refractivity (Wildman–Crippen MR) is 96.2 cm³/mol. The van der Waals surface area contributed by atoms with Gasteiger partial charge in [-0.15, -0.1) is 0 Å². The van der Waals surface area contributed by atoms with Gasteiger partial charge >= 0.3 is 0 Å². The van der Waals surface area contributed by atoms with E-state index in [2.05, 4.69) is 11.1 Å². The molecule has 4 rings (SSSR count). The highest BCUT2D eigenvalue weighted by Gasteiger charge is 2.48. The molecule has 2 aromatic rings. The van der Waals surface area contributed by atoms with E-state index in [-0.39, 0.29) is 5.03 Å². The topological polar surface area (TPSA) is 70.8 Å². The Kier molecular flexibility index (Phi) is 3.55. The van der Waals surface area contributed by atoms with Gasteiger partial charge in [0.1, 0.15) is 0 Å². The molecule has 4 nitrogen and oxygen atoms in total. The van der Waals surface area contributed by atoms with Gasteiger partial charge in [-0.3, -0.25) is 0 Å². The monoisotopic (exact) mass is 350 g/mol. The molecule has 0 amide bonds. The Labute approximate surface area is 147 Å². The molecule has 0 aliphatic heterocycles. The second kappa shape index (κ2) is 5.53. The van der Waals surface area contributed by atoms with Crippen LogP contribution >= 0.6 is 0 Å². The van der Waals surface area contributed by atoms with Crippen LogP contribution in [0.3, 0.4) is 0 Å². The van der Waals surface area contributed by atoms with E-state index >= 15 is 0 Å². The fourth-order valence-electron chi connectivity index (χ4n) is 3.63. The minimum Gasteiger partial charge on any atom is -0.244 e. The van der Waals surface area contributed by atoms with Crippen molar-refractivity contribution < 1.29 is 8.42 Å². The predicted octanol–water partition coefficient (Wildman–Crippen LogP) is 3.84. The van der Waals surface area contributed by atoms with E-state index in [9.17, 15) is 8.42 Å². The number of allylic oxidation sites excluding steroid dienone is 2. The van der Waals surface area contributed by atoms with Gasteiger partial charge in [0.2, 0.25) is 0 Å². The summed E-state index contributed by atoms with van der Waals surface area (Å²) in [5.74, 6) is 0. The third-order valence-corrected chi connectivity index (χ3v) is 6.25. The highest BCUT2D eigenvalue weighted by atomic mass is 32.2. The highest BCUT2D eigenvalue weighted by molar-refractivity contribution is 7.90. The number of sulfone groups is 1. The van der Waals surface area contributed by atoms with Crippen molar-refractivity contribution >= 4 is 21.0 Å². The Balaban J connectivity index is 1.76. The lowest BCUT2D eigenvalue weighted by molar-refractivity contribution is 0.568. The standard InChI is InChI=1S/C20H18N2O2S/c1-25(23,24)19-7-6-16(13-22-19)18-11-20(8-9-20)10-17(18)15-4-2-14(12-21)3-5-15/h2-7,13H,8-11H2,1H3. The summed E-state index contributed by atoms with van der Waals surface area (Å²) in [7, 11) is -3.28. The second-order valence-electron chi connectivity index (χ2n) is 7.16. The lowest BCUT2D eigenvalue weighted by Crippen LogP contribution is -2.00. The number of pyridine rings is 1. The third-order valence-electron chi connectivity index (χ3n) is 5.25. The Morgan fingerprint density at radius 1 is 1.00 bits per heavy atom. The van der Waals surface area contributed by atoms with E-state index in [0.29, 0.717) is 11.0 Å². The fraction of sp³-hybridized carbons (Fsp3) is 0.300. The van der Waals surface area contributed by atoms with Crippen molar-refractivity contribution in [2.75, 3.05) is 6.26 Å². The molecule has 25 heavy (non-hydrogen) atoms. The van der Waals surface area contributed by atoms with Gasteiger partial charge in [-0.05, 0) is 71.6 Å². The van der Waals surface area contributed by atoms with Gasteiger partial charge in [0.05, 0.1) is 11.6 Å². The van der Waals surface area contributed by atoms with Crippen molar-refractivity contribution in [3.05, 3.63) is 59.3 Å². The summed E-state index contributed by atoms with van der Waals surface area (Å²) in [5.41, 5.74) is 5.74. The van der Waals surface area contributed by atoms with Crippen LogP contribution in [0.1, 0.15) is 42.4 Å². The maximum Gasteiger partial charge on any atom is 0.192 e. The first-order chi connectivity index (χ1) is 11.9. The number of nitrogens with zero attached hydrogens (tertiary/aromatic N) is 2. The summed E-state index contributed by atoms with van der Waals surface area (Å²) >= 11 is 0. The van der Waals surface area contributed by atoms with Gasteiger partial charge in [0.25, 0.3) is 0 Å². The van der Waals surface area contributed by atoms with Gasteiger partial charge in [0.15, 0.2) is 14.9 Å². The van der Waals surface area contributed by atoms with E-state index < -0.39 is 9.84 Å². The van der Waals surface area contributed by atoms with Crippen molar-refractivity contribution in [1.29, 1.82) is 5.26 Å². The number of aromatic nitrogens is 1. The summed E-state index contributed by atoms with van der Waals surface area (Å²) in [6, 6.07) is 13.3. The van der Waals surface area contributed by atoms with Crippen LogP contribution in [0, 0.1) is 16.7 Å². The molecule has 0 unspecified atom stereocenters. The van der Waals surface area contributed by atoms with Crippen LogP contribution in [0.25, 0.3) is 11.1 Å². The number of hydrogen-bond acceptors (Lipinski definition) is 4. The average molecular weight is 350 g/mol. The van der Waals surface area contributed by atoms with Crippen LogP contribution in [0.4, 0.5) is 0 Å². The number of hydrogen-bond donors (Lipinski definition) is 0. The second-order valence-corrected chi connectivity index (χ2v) is 9.12. The molecule has 2 aliphatic carbocycles. The summed E-state index contributed by atoms with van der Waals surface area (Å²) in [6.45, 7) is 0. The minimum absolute atomic E-state index is 0.107. The SMILES string of the molecule is CS(=O)(=O)c1ccc(C2=C(c3ccc(C#N)cc3)CC3(CC3)C2)cn1. The number of rotatable bonds is 3. The third kappa shape index (κ3) is 2.98. The van der Waals surface area contributed by atoms with E-state index in [0.717, 1.165) is 24.0 Å². The van der Waals surface area contributed by atoms with Crippen LogP contribution in [0.5, 0.6) is 0 Å². The largest absolute Gasteiger partial charge is 0.244 e. The van der Waals surface area contributed by atoms with E-state index in [1.54, 1.807) is 12.3 Å². The van der Waals surface area contributed by atoms with Crippen LogP contribution in [-0.2, 0) is 9.84 Å². The minimum atomic E-state index is -3.28. The Morgan fingerprint density at radius 2 is 1.60 bits per heavy atom. The molecule has 0 N–H and O–H groups in total. The van der Waals surface area contributed by atoms with Gasteiger partial charge in [-0.2, -0.15) is 5.26 Å². The summed E-state index contributed by atoms with van der Waals surface area (Å²) in [6.07, 6.45) is 7.39. The molecule has 5 heteroatoms. The van der Waals surface area contributed by atoms with Crippen LogP contribution in [0.15, 0.2) is 47.6 Å². The normalized spacial score (nSPS) is 18.4. The first-order valence-corrected chi connectivity index (χ1v) is 10.2. The van der Waals surface area contributed by atoms with Crippen molar-refractivity contribution in [3.63, 3.8) is 0 Å². The van der Waals surface area contributed by atoms with Crippen molar-refractivity contribution in [3.8, 4) is 6.07 Å². The Bertz CT molecular complexity index is 1010. The molecule has 0 bridgehead atoms. The van der Waals surface area contributed by atoms with Crippen LogP contribution in [0.2, 0.25) is 0 Å². The molecule has 1 aromatic carbocycles. The highest BCUT2D eigenvalue weighted by Crippen LogP contribution is 2.63. The number of nitriles is 1. The molecule has 0 saturated heterocycles. The van der Waals surface area contributed by atoms with Gasteiger partial charge in [-0.1, -0.05) is 18.2 Å². The molecule has 1 fully saturated rings. The molecule has 1 saturated carbocycles. The lowest BCUT2D eigenvalue weighted by atomic mass is 9.97. The maximum absolute atomic E-state index is 11.6.